The summed E-state index contributed by atoms with van der Waals surface area (Å²) in [5.74, 6) is 0. The molecule has 0 aromatic carbocycles. The van der Waals surface area contributed by atoms with Gasteiger partial charge in [-0.15, -0.1) is 19.7 Å². The number of hydrogen-bond donors (Lipinski definition) is 0. The molecule has 0 rings (SSSR count). The number of hydrogen-bond acceptors (Lipinski definition) is 0. The Kier molecular flexibility index (Phi) is 28.2. The molecule has 0 atom stereocenters. The van der Waals surface area contributed by atoms with Gasteiger partial charge in [-0.3, -0.25) is 0 Å². The van der Waals surface area contributed by atoms with Gasteiger partial charge in [0.05, 0.1) is 0 Å². The van der Waals surface area contributed by atoms with Crippen molar-refractivity contribution in [3.63, 3.8) is 0 Å². The summed E-state index contributed by atoms with van der Waals surface area (Å²) >= 11 is 0. The van der Waals surface area contributed by atoms with Crippen LogP contribution in [0, 0.1) is 5.41 Å². The van der Waals surface area contributed by atoms with E-state index >= 15 is 0 Å². The molecule has 0 heteroatoms. The van der Waals surface area contributed by atoms with E-state index in [9.17, 15) is 0 Å². The van der Waals surface area contributed by atoms with Gasteiger partial charge in [0.1, 0.15) is 0 Å². The van der Waals surface area contributed by atoms with Gasteiger partial charge in [0.25, 0.3) is 0 Å². The Morgan fingerprint density at radius 1 is 0.361 bits per heavy atom. The van der Waals surface area contributed by atoms with Gasteiger partial charge in [-0.2, -0.15) is 0 Å². The van der Waals surface area contributed by atoms with Crippen LogP contribution in [0.4, 0.5) is 0 Å². The third-order valence-corrected chi connectivity index (χ3v) is 8.60. The second kappa shape index (κ2) is 28.8. The second-order valence-corrected chi connectivity index (χ2v) is 11.8. The first-order valence-electron chi connectivity index (χ1n) is 16.6. The largest absolute Gasteiger partial charge is 0.103 e. The van der Waals surface area contributed by atoms with Gasteiger partial charge >= 0.3 is 0 Å². The lowest BCUT2D eigenvalue weighted by Gasteiger charge is -2.34. The fourth-order valence-corrected chi connectivity index (χ4v) is 5.92. The number of allylic oxidation sites excluding steroid dienone is 3. The molecule has 0 N–H and O–H groups in total. The summed E-state index contributed by atoms with van der Waals surface area (Å²) in [6, 6.07) is 0. The van der Waals surface area contributed by atoms with E-state index in [4.69, 9.17) is 0 Å². The van der Waals surface area contributed by atoms with Gasteiger partial charge in [0, 0.05) is 0 Å². The molecule has 0 bridgehead atoms. The van der Waals surface area contributed by atoms with Gasteiger partial charge in [-0.05, 0) is 63.2 Å². The zero-order valence-corrected chi connectivity index (χ0v) is 25.2. The van der Waals surface area contributed by atoms with Crippen LogP contribution in [0.3, 0.4) is 0 Å². The van der Waals surface area contributed by atoms with Crippen LogP contribution in [0.15, 0.2) is 38.0 Å². The molecule has 0 saturated carbocycles. The molecule has 0 unspecified atom stereocenters. The standard InChI is InChI=1S/C36H68/c1-5-9-12-15-18-21-24-27-30-33-36(8-4,34-31-28-25-22-19-16-13-10-6-2)35-32-29-26-23-20-17-14-11-7-3/h5-7H,1-3,8-35H2,4H3. The summed E-state index contributed by atoms with van der Waals surface area (Å²) in [6.07, 6.45) is 45.6. The van der Waals surface area contributed by atoms with Crippen LogP contribution in [0.2, 0.25) is 0 Å². The van der Waals surface area contributed by atoms with Gasteiger partial charge in [0.15, 0.2) is 0 Å². The molecule has 36 heavy (non-hydrogen) atoms. The summed E-state index contributed by atoms with van der Waals surface area (Å²) in [6.45, 7) is 14.0. The molecule has 0 aliphatic carbocycles. The molecule has 0 radical (unpaired) electrons. The monoisotopic (exact) mass is 501 g/mol. The molecule has 0 amide bonds. The van der Waals surface area contributed by atoms with Crippen molar-refractivity contribution in [3.05, 3.63) is 38.0 Å². The Morgan fingerprint density at radius 3 is 0.806 bits per heavy atom. The minimum atomic E-state index is 0.637. The van der Waals surface area contributed by atoms with Gasteiger partial charge in [-0.1, -0.05) is 147 Å². The van der Waals surface area contributed by atoms with Gasteiger partial charge < -0.3 is 0 Å². The lowest BCUT2D eigenvalue weighted by Crippen LogP contribution is -2.20. The average molecular weight is 501 g/mol. The highest BCUT2D eigenvalue weighted by Gasteiger charge is 2.26. The van der Waals surface area contributed by atoms with Crippen molar-refractivity contribution in [2.75, 3.05) is 0 Å². The molecule has 212 valence electrons. The summed E-state index contributed by atoms with van der Waals surface area (Å²) in [5.41, 5.74) is 0.637. The molecule has 0 aliphatic heterocycles. The van der Waals surface area contributed by atoms with E-state index in [2.05, 4.69) is 44.9 Å². The molecule has 0 spiro atoms. The zero-order valence-electron chi connectivity index (χ0n) is 25.2. The van der Waals surface area contributed by atoms with Crippen LogP contribution < -0.4 is 0 Å². The van der Waals surface area contributed by atoms with Crippen molar-refractivity contribution in [1.29, 1.82) is 0 Å². The van der Waals surface area contributed by atoms with Gasteiger partial charge in [0.2, 0.25) is 0 Å². The van der Waals surface area contributed by atoms with E-state index in [1.54, 1.807) is 0 Å². The first-order valence-corrected chi connectivity index (χ1v) is 16.6. The summed E-state index contributed by atoms with van der Waals surface area (Å²) in [4.78, 5) is 0. The second-order valence-electron chi connectivity index (χ2n) is 11.8. The van der Waals surface area contributed by atoms with Crippen molar-refractivity contribution < 1.29 is 0 Å². The fourth-order valence-electron chi connectivity index (χ4n) is 5.92. The third kappa shape index (κ3) is 23.6. The molecule has 0 fully saturated rings. The lowest BCUT2D eigenvalue weighted by molar-refractivity contribution is 0.186. The third-order valence-electron chi connectivity index (χ3n) is 8.60. The minimum Gasteiger partial charge on any atom is -0.103 e. The first kappa shape index (κ1) is 35.2. The van der Waals surface area contributed by atoms with E-state index in [0.717, 1.165) is 0 Å². The highest BCUT2D eigenvalue weighted by atomic mass is 14.3. The molecule has 0 nitrogen and oxygen atoms in total. The molecular weight excluding hydrogens is 432 g/mol. The van der Waals surface area contributed by atoms with Crippen LogP contribution in [-0.2, 0) is 0 Å². The van der Waals surface area contributed by atoms with Gasteiger partial charge in [-0.25, -0.2) is 0 Å². The Bertz CT molecular complexity index is 394. The Labute approximate surface area is 229 Å². The van der Waals surface area contributed by atoms with Crippen molar-refractivity contribution in [2.24, 2.45) is 5.41 Å². The van der Waals surface area contributed by atoms with Crippen molar-refractivity contribution >= 4 is 0 Å². The zero-order chi connectivity index (χ0) is 26.4. The Hall–Kier alpha value is -0.780. The highest BCUT2D eigenvalue weighted by molar-refractivity contribution is 4.79. The number of unbranched alkanes of at least 4 members (excludes halogenated alkanes) is 21. The Balaban J connectivity index is 4.25. The maximum absolute atomic E-state index is 3.84. The molecular formula is C36H68. The molecule has 0 aliphatic rings. The molecule has 0 saturated heterocycles. The van der Waals surface area contributed by atoms with E-state index < -0.39 is 0 Å². The predicted octanol–water partition coefficient (Wildman–Crippen LogP) is 13.5. The van der Waals surface area contributed by atoms with E-state index in [1.807, 2.05) is 0 Å². The Morgan fingerprint density at radius 2 is 0.583 bits per heavy atom. The van der Waals surface area contributed by atoms with Crippen molar-refractivity contribution in [2.45, 2.75) is 187 Å². The fraction of sp³-hybridized carbons (Fsp3) is 0.833. The summed E-state index contributed by atoms with van der Waals surface area (Å²) in [5, 5.41) is 0. The summed E-state index contributed by atoms with van der Waals surface area (Å²) < 4.78 is 0. The maximum atomic E-state index is 3.84. The molecule has 0 heterocycles. The number of rotatable bonds is 31. The highest BCUT2D eigenvalue weighted by Crippen LogP contribution is 2.40. The predicted molar refractivity (Wildman–Crippen MR) is 168 cm³/mol. The van der Waals surface area contributed by atoms with E-state index in [-0.39, 0.29) is 0 Å². The first-order chi connectivity index (χ1) is 17.7. The SMILES string of the molecule is C=CCCCCCCCCCC(CC)(CCCCCCCCCC=C)CCCCCCCCCC=C. The lowest BCUT2D eigenvalue weighted by atomic mass is 9.72. The van der Waals surface area contributed by atoms with E-state index in [0.29, 0.717) is 5.41 Å². The van der Waals surface area contributed by atoms with Crippen LogP contribution in [-0.4, -0.2) is 0 Å². The topological polar surface area (TPSA) is 0 Å². The maximum Gasteiger partial charge on any atom is -0.0300 e. The van der Waals surface area contributed by atoms with Crippen molar-refractivity contribution in [1.82, 2.24) is 0 Å². The minimum absolute atomic E-state index is 0.637. The summed E-state index contributed by atoms with van der Waals surface area (Å²) in [7, 11) is 0. The smallest absolute Gasteiger partial charge is 0.0300 e. The van der Waals surface area contributed by atoms with Crippen LogP contribution in [0.1, 0.15) is 187 Å². The van der Waals surface area contributed by atoms with Crippen LogP contribution >= 0.6 is 0 Å². The average Bonchev–Trinajstić information content (AvgIpc) is 2.89. The molecule has 0 aromatic rings. The van der Waals surface area contributed by atoms with Crippen molar-refractivity contribution in [3.8, 4) is 0 Å². The quantitative estimate of drug-likeness (QED) is 0.0655. The van der Waals surface area contributed by atoms with Crippen LogP contribution in [0.5, 0.6) is 0 Å². The van der Waals surface area contributed by atoms with E-state index in [1.165, 1.54) is 180 Å². The normalized spacial score (nSPS) is 11.6. The molecule has 0 aromatic heterocycles. The van der Waals surface area contributed by atoms with Crippen LogP contribution in [0.25, 0.3) is 0 Å².